The van der Waals surface area contributed by atoms with Crippen LogP contribution in [0.2, 0.25) is 0 Å². The van der Waals surface area contributed by atoms with Crippen molar-refractivity contribution in [3.05, 3.63) is 16.5 Å². The summed E-state index contributed by atoms with van der Waals surface area (Å²) in [7, 11) is 4.33. The lowest BCUT2D eigenvalue weighted by molar-refractivity contribution is 0.0263. The Morgan fingerprint density at radius 3 is 2.58 bits per heavy atom. The molecule has 1 saturated heterocycles. The summed E-state index contributed by atoms with van der Waals surface area (Å²) >= 11 is 1.65. The molecule has 0 atom stereocenters. The zero-order valence-corrected chi connectivity index (χ0v) is 15.7. The Kier molecular flexibility index (Phi) is 6.83. The highest BCUT2D eigenvalue weighted by atomic mass is 32.1. The Labute approximate surface area is 148 Å². The minimum absolute atomic E-state index is 0.139. The molecule has 3 heterocycles. The quantitative estimate of drug-likeness (QED) is 0.770. The minimum atomic E-state index is -0.247. The molecule has 0 aliphatic carbocycles. The Bertz CT molecular complexity index is 558. The van der Waals surface area contributed by atoms with Gasteiger partial charge in [0.2, 0.25) is 0 Å². The highest BCUT2D eigenvalue weighted by Gasteiger charge is 2.44. The number of aliphatic hydroxyl groups excluding tert-OH is 1. The summed E-state index contributed by atoms with van der Waals surface area (Å²) < 4.78 is 11.4. The number of carbonyl (C=O) groups is 1. The van der Waals surface area contributed by atoms with Crippen molar-refractivity contribution in [2.24, 2.45) is 0 Å². The molecule has 0 spiro atoms. The molecular weight excluding hydrogens is 327 g/mol. The van der Waals surface area contributed by atoms with Crippen molar-refractivity contribution in [1.29, 1.82) is 0 Å². The molecule has 0 saturated carbocycles. The predicted octanol–water partition coefficient (Wildman–Crippen LogP) is 0.271. The first-order valence-corrected chi connectivity index (χ1v) is 8.93. The number of rotatable bonds is 5. The number of hydrogen-bond donors (Lipinski definition) is 1. The lowest BCUT2D eigenvalue weighted by atomic mass is 9.97. The second-order valence-electron chi connectivity index (χ2n) is 6.21. The normalized spacial score (nSPS) is 19.7. The smallest absolute Gasteiger partial charge is 0.340 e. The van der Waals surface area contributed by atoms with Gasteiger partial charge in [-0.05, 0) is 19.9 Å². The first-order valence-electron chi connectivity index (χ1n) is 8.11. The topological polar surface area (TPSA) is 62.2 Å². The Balaban J connectivity index is 0.00000100. The van der Waals surface area contributed by atoms with E-state index in [1.165, 1.54) is 0 Å². The van der Waals surface area contributed by atoms with E-state index in [1.807, 2.05) is 11.0 Å². The van der Waals surface area contributed by atoms with Crippen molar-refractivity contribution < 1.29 is 19.3 Å². The summed E-state index contributed by atoms with van der Waals surface area (Å²) in [4.78, 5) is 18.2. The molecule has 1 amide bonds. The summed E-state index contributed by atoms with van der Waals surface area (Å²) in [6, 6.07) is 1.95. The van der Waals surface area contributed by atoms with Gasteiger partial charge in [-0.2, -0.15) is 0 Å². The number of fused-ring (bicyclic) bond motifs is 1. The number of nitrogens with zero attached hydrogens (tertiary/aromatic N) is 2. The summed E-state index contributed by atoms with van der Waals surface area (Å²) in [5.74, 6) is 0.139. The van der Waals surface area contributed by atoms with Gasteiger partial charge in [-0.1, -0.05) is 0 Å². The highest BCUT2D eigenvalue weighted by Crippen LogP contribution is 2.40. The van der Waals surface area contributed by atoms with E-state index < -0.39 is 0 Å². The Morgan fingerprint density at radius 2 is 2.00 bits per heavy atom. The standard InChI is InChI=1S/C15H22BN2O3S.CH4O/c1-15(2)13-11(10-12(22-13)16-20-3)14(19)18(15)5-4-17-6-8-21-9-7-17;1-2/h10H,4-9H2,1-3H3;2H,1H3. The third-order valence-corrected chi connectivity index (χ3v) is 5.81. The van der Waals surface area contributed by atoms with Crippen LogP contribution >= 0.6 is 11.3 Å². The average Bonchev–Trinajstić information content (AvgIpc) is 3.09. The van der Waals surface area contributed by atoms with Gasteiger partial charge in [0, 0.05) is 50.1 Å². The van der Waals surface area contributed by atoms with Crippen LogP contribution in [0.3, 0.4) is 0 Å². The first-order chi connectivity index (χ1) is 11.5. The number of hydrogen-bond acceptors (Lipinski definition) is 6. The zero-order chi connectivity index (χ0) is 17.7. The third kappa shape index (κ3) is 3.83. The molecule has 6 nitrogen and oxygen atoms in total. The molecule has 2 aliphatic rings. The van der Waals surface area contributed by atoms with Crippen LogP contribution in [-0.4, -0.2) is 81.9 Å². The van der Waals surface area contributed by atoms with Crippen LogP contribution in [0, 0.1) is 0 Å². The number of amides is 1. The fourth-order valence-electron chi connectivity index (χ4n) is 3.17. The Morgan fingerprint density at radius 1 is 1.33 bits per heavy atom. The van der Waals surface area contributed by atoms with Crippen molar-refractivity contribution in [2.75, 3.05) is 53.6 Å². The molecule has 0 unspecified atom stereocenters. The van der Waals surface area contributed by atoms with Crippen molar-refractivity contribution in [3.8, 4) is 0 Å². The van der Waals surface area contributed by atoms with Gasteiger partial charge >= 0.3 is 7.48 Å². The largest absolute Gasteiger partial charge is 0.436 e. The second kappa shape index (κ2) is 8.44. The molecule has 8 heteroatoms. The molecule has 24 heavy (non-hydrogen) atoms. The van der Waals surface area contributed by atoms with Crippen molar-refractivity contribution in [3.63, 3.8) is 0 Å². The predicted molar refractivity (Wildman–Crippen MR) is 96.2 cm³/mol. The maximum atomic E-state index is 12.7. The van der Waals surface area contributed by atoms with E-state index in [9.17, 15) is 4.79 Å². The number of morpholine rings is 1. The molecule has 0 bridgehead atoms. The monoisotopic (exact) mass is 353 g/mol. The maximum Gasteiger partial charge on any atom is 0.340 e. The molecular formula is C16H26BN2O4S. The van der Waals surface area contributed by atoms with E-state index >= 15 is 0 Å². The lowest BCUT2D eigenvalue weighted by Crippen LogP contribution is -2.46. The van der Waals surface area contributed by atoms with Crippen molar-refractivity contribution >= 4 is 29.5 Å². The highest BCUT2D eigenvalue weighted by molar-refractivity contribution is 7.21. The number of aliphatic hydroxyl groups is 1. The van der Waals surface area contributed by atoms with E-state index in [4.69, 9.17) is 14.5 Å². The van der Waals surface area contributed by atoms with Gasteiger partial charge in [0.1, 0.15) is 0 Å². The summed E-state index contributed by atoms with van der Waals surface area (Å²) in [6.07, 6.45) is 0. The molecule has 1 aromatic heterocycles. The number of carbonyl (C=O) groups excluding carboxylic acids is 1. The van der Waals surface area contributed by atoms with Crippen molar-refractivity contribution in [2.45, 2.75) is 19.4 Å². The van der Waals surface area contributed by atoms with Crippen LogP contribution in [0.1, 0.15) is 29.1 Å². The fraction of sp³-hybridized carbons (Fsp3) is 0.688. The van der Waals surface area contributed by atoms with Crippen LogP contribution in [0.5, 0.6) is 0 Å². The van der Waals surface area contributed by atoms with Crippen LogP contribution in [0.15, 0.2) is 6.07 Å². The summed E-state index contributed by atoms with van der Waals surface area (Å²) in [6.45, 7) is 9.42. The molecule has 133 valence electrons. The molecule has 1 aromatic rings. The van der Waals surface area contributed by atoms with Crippen LogP contribution in [0.25, 0.3) is 0 Å². The average molecular weight is 353 g/mol. The van der Waals surface area contributed by atoms with Gasteiger partial charge in [0.15, 0.2) is 0 Å². The van der Waals surface area contributed by atoms with Crippen molar-refractivity contribution in [1.82, 2.24) is 9.80 Å². The first kappa shape index (κ1) is 19.4. The zero-order valence-electron chi connectivity index (χ0n) is 14.9. The minimum Gasteiger partial charge on any atom is -0.436 e. The summed E-state index contributed by atoms with van der Waals surface area (Å²) in [5, 5.41) is 7.00. The molecule has 0 aromatic carbocycles. The van der Waals surface area contributed by atoms with E-state index in [0.717, 1.165) is 61.7 Å². The van der Waals surface area contributed by atoms with E-state index in [-0.39, 0.29) is 11.4 Å². The van der Waals surface area contributed by atoms with Gasteiger partial charge in [-0.3, -0.25) is 9.69 Å². The third-order valence-electron chi connectivity index (χ3n) is 4.43. The van der Waals surface area contributed by atoms with Crippen LogP contribution in [-0.2, 0) is 14.9 Å². The molecule has 3 rings (SSSR count). The van der Waals surface area contributed by atoms with Gasteiger partial charge in [0.25, 0.3) is 5.91 Å². The van der Waals surface area contributed by atoms with E-state index in [0.29, 0.717) is 0 Å². The van der Waals surface area contributed by atoms with Crippen LogP contribution in [0.4, 0.5) is 0 Å². The fourth-order valence-corrected chi connectivity index (χ4v) is 4.34. The summed E-state index contributed by atoms with van der Waals surface area (Å²) in [5.41, 5.74) is 0.587. The van der Waals surface area contributed by atoms with Gasteiger partial charge in [0.05, 0.1) is 24.3 Å². The SMILES string of the molecule is CO.CO[B]c1cc2c(s1)C(C)(C)N(CCN1CCOCC1)C2=O. The van der Waals surface area contributed by atoms with E-state index in [2.05, 4.69) is 18.7 Å². The lowest BCUT2D eigenvalue weighted by Gasteiger charge is -2.35. The number of ether oxygens (including phenoxy) is 1. The van der Waals surface area contributed by atoms with Gasteiger partial charge in [-0.25, -0.2) is 0 Å². The van der Waals surface area contributed by atoms with Gasteiger partial charge in [-0.15, -0.1) is 11.3 Å². The maximum absolute atomic E-state index is 12.7. The van der Waals surface area contributed by atoms with Crippen LogP contribution < -0.4 is 4.78 Å². The van der Waals surface area contributed by atoms with Gasteiger partial charge < -0.3 is 19.4 Å². The Hall–Kier alpha value is -0.925. The van der Waals surface area contributed by atoms with E-state index in [1.54, 1.807) is 25.9 Å². The molecule has 1 N–H and O–H groups in total. The number of thiophene rings is 1. The second-order valence-corrected chi connectivity index (χ2v) is 7.30. The molecule has 2 aliphatic heterocycles. The molecule has 1 fully saturated rings. The molecule has 1 radical (unpaired) electrons.